The van der Waals surface area contributed by atoms with Crippen molar-refractivity contribution in [1.29, 1.82) is 0 Å². The van der Waals surface area contributed by atoms with Crippen LogP contribution in [-0.4, -0.2) is 23.4 Å². The summed E-state index contributed by atoms with van der Waals surface area (Å²) in [5.74, 6) is 0.180. The molecule has 104 valence electrons. The maximum Gasteiger partial charge on any atom is 0.254 e. The van der Waals surface area contributed by atoms with Crippen LogP contribution in [0.15, 0.2) is 40.9 Å². The summed E-state index contributed by atoms with van der Waals surface area (Å²) in [7, 11) is 0. The first-order chi connectivity index (χ1) is 9.69. The molecule has 3 rings (SSSR count). The number of carbonyl (C=O) groups is 1. The van der Waals surface area contributed by atoms with Crippen molar-refractivity contribution < 1.29 is 4.79 Å². The van der Waals surface area contributed by atoms with Crippen LogP contribution in [0.25, 0.3) is 10.8 Å². The van der Waals surface area contributed by atoms with Crippen molar-refractivity contribution in [2.45, 2.75) is 32.2 Å². The van der Waals surface area contributed by atoms with Crippen molar-refractivity contribution in [3.63, 3.8) is 0 Å². The van der Waals surface area contributed by atoms with Gasteiger partial charge in [-0.2, -0.15) is 0 Å². The van der Waals surface area contributed by atoms with Gasteiger partial charge in [-0.1, -0.05) is 35.0 Å². The van der Waals surface area contributed by atoms with E-state index in [9.17, 15) is 4.79 Å². The number of halogens is 1. The molecule has 0 unspecified atom stereocenters. The quantitative estimate of drug-likeness (QED) is 0.800. The van der Waals surface area contributed by atoms with Crippen molar-refractivity contribution in [2.75, 3.05) is 6.54 Å². The maximum absolute atomic E-state index is 12.6. The second-order valence-electron chi connectivity index (χ2n) is 5.44. The summed E-state index contributed by atoms with van der Waals surface area (Å²) < 4.78 is 1.06. The van der Waals surface area contributed by atoms with Gasteiger partial charge in [-0.05, 0) is 54.3 Å². The van der Waals surface area contributed by atoms with E-state index in [1.54, 1.807) is 0 Å². The van der Waals surface area contributed by atoms with Crippen LogP contribution in [0.3, 0.4) is 0 Å². The summed E-state index contributed by atoms with van der Waals surface area (Å²) >= 11 is 3.48. The van der Waals surface area contributed by atoms with Crippen LogP contribution in [0.2, 0.25) is 0 Å². The number of nitrogens with zero attached hydrogens (tertiary/aromatic N) is 1. The van der Waals surface area contributed by atoms with Crippen LogP contribution in [-0.2, 0) is 0 Å². The molecule has 1 amide bonds. The molecule has 2 aromatic carbocycles. The van der Waals surface area contributed by atoms with Gasteiger partial charge in [0.25, 0.3) is 5.91 Å². The minimum absolute atomic E-state index is 0.180. The van der Waals surface area contributed by atoms with Crippen LogP contribution >= 0.6 is 15.9 Å². The average molecular weight is 332 g/mol. The lowest BCUT2D eigenvalue weighted by molar-refractivity contribution is 0.0743. The van der Waals surface area contributed by atoms with Crippen molar-refractivity contribution in [3.05, 3.63) is 46.4 Å². The number of rotatable bonds is 4. The summed E-state index contributed by atoms with van der Waals surface area (Å²) in [5, 5.41) is 2.27. The standard InChI is InChI=1S/C17H18BrNO/c1-2-9-19(16-7-8-16)17(20)14-4-3-13-11-15(18)6-5-12(13)10-14/h3-6,10-11,16H,2,7-9H2,1H3. The first-order valence-electron chi connectivity index (χ1n) is 7.19. The van der Waals surface area contributed by atoms with Gasteiger partial charge in [0, 0.05) is 22.6 Å². The molecule has 20 heavy (non-hydrogen) atoms. The molecular weight excluding hydrogens is 314 g/mol. The molecular formula is C17H18BrNO. The van der Waals surface area contributed by atoms with E-state index >= 15 is 0 Å². The molecule has 0 bridgehead atoms. The van der Waals surface area contributed by atoms with E-state index in [2.05, 4.69) is 35.0 Å². The van der Waals surface area contributed by atoms with Gasteiger partial charge in [0.05, 0.1) is 0 Å². The van der Waals surface area contributed by atoms with Gasteiger partial charge in [0.15, 0.2) is 0 Å². The molecule has 0 radical (unpaired) electrons. The van der Waals surface area contributed by atoms with Gasteiger partial charge in [-0.3, -0.25) is 4.79 Å². The Bertz CT molecular complexity index is 648. The fraction of sp³-hybridized carbons (Fsp3) is 0.353. The molecule has 3 heteroatoms. The molecule has 1 aliphatic rings. The van der Waals surface area contributed by atoms with Gasteiger partial charge in [-0.25, -0.2) is 0 Å². The number of fused-ring (bicyclic) bond motifs is 1. The minimum atomic E-state index is 0.180. The summed E-state index contributed by atoms with van der Waals surface area (Å²) in [6.45, 7) is 2.99. The van der Waals surface area contributed by atoms with Crippen LogP contribution in [0.4, 0.5) is 0 Å². The van der Waals surface area contributed by atoms with E-state index in [0.29, 0.717) is 6.04 Å². The first-order valence-corrected chi connectivity index (χ1v) is 7.98. The van der Waals surface area contributed by atoms with Crippen LogP contribution in [0, 0.1) is 0 Å². The van der Waals surface area contributed by atoms with Crippen molar-refractivity contribution in [2.24, 2.45) is 0 Å². The number of carbonyl (C=O) groups excluding carboxylic acids is 1. The summed E-state index contributed by atoms with van der Waals surface area (Å²) in [6, 6.07) is 12.6. The molecule has 0 heterocycles. The monoisotopic (exact) mass is 331 g/mol. The Morgan fingerprint density at radius 2 is 1.90 bits per heavy atom. The Hall–Kier alpha value is -1.35. The molecule has 0 N–H and O–H groups in total. The molecule has 0 aromatic heterocycles. The number of benzene rings is 2. The third kappa shape index (κ3) is 2.73. The van der Waals surface area contributed by atoms with Crippen molar-refractivity contribution in [1.82, 2.24) is 4.90 Å². The van der Waals surface area contributed by atoms with Crippen LogP contribution in [0.1, 0.15) is 36.5 Å². The summed E-state index contributed by atoms with van der Waals surface area (Å²) in [6.07, 6.45) is 3.33. The predicted molar refractivity (Wildman–Crippen MR) is 86.0 cm³/mol. The lowest BCUT2D eigenvalue weighted by Gasteiger charge is -2.22. The van der Waals surface area contributed by atoms with E-state index in [0.717, 1.165) is 46.6 Å². The maximum atomic E-state index is 12.6. The summed E-state index contributed by atoms with van der Waals surface area (Å²) in [5.41, 5.74) is 0.806. The van der Waals surface area contributed by atoms with Crippen molar-refractivity contribution >= 4 is 32.6 Å². The molecule has 0 aliphatic heterocycles. The zero-order chi connectivity index (χ0) is 14.1. The van der Waals surface area contributed by atoms with Gasteiger partial charge in [0.1, 0.15) is 0 Å². The highest BCUT2D eigenvalue weighted by molar-refractivity contribution is 9.10. The lowest BCUT2D eigenvalue weighted by atomic mass is 10.1. The van der Waals surface area contributed by atoms with Gasteiger partial charge in [0.2, 0.25) is 0 Å². The normalized spacial score (nSPS) is 14.5. The molecule has 1 fully saturated rings. The van der Waals surface area contributed by atoms with E-state index in [1.165, 1.54) is 0 Å². The van der Waals surface area contributed by atoms with E-state index in [-0.39, 0.29) is 5.91 Å². The minimum Gasteiger partial charge on any atom is -0.336 e. The molecule has 1 aliphatic carbocycles. The van der Waals surface area contributed by atoms with Crippen LogP contribution in [0.5, 0.6) is 0 Å². The Labute approximate surface area is 127 Å². The van der Waals surface area contributed by atoms with E-state index in [4.69, 9.17) is 0 Å². The SMILES string of the molecule is CCCN(C(=O)c1ccc2cc(Br)ccc2c1)C1CC1. The van der Waals surface area contributed by atoms with Gasteiger partial charge in [-0.15, -0.1) is 0 Å². The zero-order valence-corrected chi connectivity index (χ0v) is 13.2. The second kappa shape index (κ2) is 5.57. The summed E-state index contributed by atoms with van der Waals surface area (Å²) in [4.78, 5) is 14.7. The zero-order valence-electron chi connectivity index (χ0n) is 11.6. The van der Waals surface area contributed by atoms with Crippen LogP contribution < -0.4 is 0 Å². The Kier molecular flexibility index (Phi) is 3.79. The average Bonchev–Trinajstić information content (AvgIpc) is 3.28. The number of hydrogen-bond donors (Lipinski definition) is 0. The highest BCUT2D eigenvalue weighted by atomic mass is 79.9. The van der Waals surface area contributed by atoms with E-state index < -0.39 is 0 Å². The smallest absolute Gasteiger partial charge is 0.254 e. The largest absolute Gasteiger partial charge is 0.336 e. The molecule has 0 atom stereocenters. The molecule has 0 spiro atoms. The van der Waals surface area contributed by atoms with Gasteiger partial charge >= 0.3 is 0 Å². The second-order valence-corrected chi connectivity index (χ2v) is 6.35. The Morgan fingerprint density at radius 3 is 2.60 bits per heavy atom. The van der Waals surface area contributed by atoms with Crippen molar-refractivity contribution in [3.8, 4) is 0 Å². The fourth-order valence-electron chi connectivity index (χ4n) is 2.59. The molecule has 1 saturated carbocycles. The fourth-order valence-corrected chi connectivity index (χ4v) is 2.97. The number of hydrogen-bond acceptors (Lipinski definition) is 1. The highest BCUT2D eigenvalue weighted by Crippen LogP contribution is 2.29. The Balaban J connectivity index is 1.92. The molecule has 2 aromatic rings. The third-order valence-corrected chi connectivity index (χ3v) is 4.26. The molecule has 2 nitrogen and oxygen atoms in total. The lowest BCUT2D eigenvalue weighted by Crippen LogP contribution is -2.33. The Morgan fingerprint density at radius 1 is 1.20 bits per heavy atom. The topological polar surface area (TPSA) is 20.3 Å². The predicted octanol–water partition coefficient (Wildman–Crippen LogP) is 4.62. The van der Waals surface area contributed by atoms with E-state index in [1.807, 2.05) is 29.2 Å². The van der Waals surface area contributed by atoms with Gasteiger partial charge < -0.3 is 4.90 Å². The number of amides is 1. The molecule has 0 saturated heterocycles. The first kappa shape index (κ1) is 13.6. The highest BCUT2D eigenvalue weighted by Gasteiger charge is 2.32. The third-order valence-electron chi connectivity index (χ3n) is 3.76.